The number of aliphatic hydroxyl groups is 1. The summed E-state index contributed by atoms with van der Waals surface area (Å²) in [4.78, 5) is 25.9. The molecule has 2 rings (SSSR count). The molecule has 0 bridgehead atoms. The quantitative estimate of drug-likeness (QED) is 0.178. The fourth-order valence-electron chi connectivity index (χ4n) is 4.62. The standard InChI is InChI=1S/C31H44F3N3O6.ClH/c1-21(2)22(19-36-28(39)24-14-8-9-15-27(24)43-17-11-10-16-41-3)18-25(35)26(38)20-37-29(40)30(42-4,31(32,33)34)23-12-6-5-7-13-23;/h5-9,12-15,21-22,25-26,38H,10-11,16-20,35H2,1-4H3,(H,36,39)(H,37,40);1H/t22?,25?,26?,30-;/m1./s1. The zero-order chi connectivity index (χ0) is 32.0. The number of aliphatic hydroxyl groups excluding tert-OH is 1. The fraction of sp³-hybridized carbons (Fsp3) is 0.548. The molecule has 4 atom stereocenters. The average Bonchev–Trinajstić information content (AvgIpc) is 2.98. The number of amides is 2. The molecule has 13 heteroatoms. The average molecular weight is 648 g/mol. The highest BCUT2D eigenvalue weighted by Crippen LogP contribution is 2.42. The van der Waals surface area contributed by atoms with Gasteiger partial charge in [0, 0.05) is 45.5 Å². The molecule has 0 aromatic heterocycles. The second-order valence-electron chi connectivity index (χ2n) is 10.7. The van der Waals surface area contributed by atoms with E-state index in [2.05, 4.69) is 10.6 Å². The van der Waals surface area contributed by atoms with Crippen LogP contribution < -0.4 is 21.1 Å². The Kier molecular flexibility index (Phi) is 16.7. The Balaban J connectivity index is 0.00000968. The smallest absolute Gasteiger partial charge is 0.430 e. The second kappa shape index (κ2) is 18.8. The topological polar surface area (TPSA) is 132 Å². The van der Waals surface area contributed by atoms with Crippen LogP contribution in [0.25, 0.3) is 0 Å². The Morgan fingerprint density at radius 1 is 0.932 bits per heavy atom. The van der Waals surface area contributed by atoms with E-state index >= 15 is 0 Å². The van der Waals surface area contributed by atoms with Gasteiger partial charge in [-0.25, -0.2) is 0 Å². The number of para-hydroxylation sites is 1. The van der Waals surface area contributed by atoms with Gasteiger partial charge in [-0.2, -0.15) is 13.2 Å². The Morgan fingerprint density at radius 2 is 1.55 bits per heavy atom. The minimum Gasteiger partial charge on any atom is -0.493 e. The van der Waals surface area contributed by atoms with Gasteiger partial charge in [-0.3, -0.25) is 9.59 Å². The molecule has 2 aromatic rings. The number of rotatable bonds is 18. The summed E-state index contributed by atoms with van der Waals surface area (Å²) in [5, 5.41) is 15.7. The maximum absolute atomic E-state index is 14.1. The Hall–Kier alpha value is -2.90. The normalized spacial score (nSPS) is 15.0. The molecule has 0 aliphatic carbocycles. The van der Waals surface area contributed by atoms with Crippen molar-refractivity contribution >= 4 is 24.2 Å². The first-order valence-electron chi connectivity index (χ1n) is 14.3. The summed E-state index contributed by atoms with van der Waals surface area (Å²) in [5.41, 5.74) is 2.95. The van der Waals surface area contributed by atoms with Crippen LogP contribution in [0.4, 0.5) is 13.2 Å². The molecule has 0 aliphatic heterocycles. The molecule has 0 saturated heterocycles. The first kappa shape index (κ1) is 39.1. The molecule has 2 aromatic carbocycles. The number of methoxy groups -OCH3 is 2. The van der Waals surface area contributed by atoms with Gasteiger partial charge in [0.15, 0.2) is 0 Å². The predicted molar refractivity (Wildman–Crippen MR) is 164 cm³/mol. The molecule has 0 fully saturated rings. The van der Waals surface area contributed by atoms with Crippen molar-refractivity contribution in [1.82, 2.24) is 10.6 Å². The van der Waals surface area contributed by atoms with Gasteiger partial charge in [-0.1, -0.05) is 56.3 Å². The maximum atomic E-state index is 14.1. The van der Waals surface area contributed by atoms with E-state index in [1.807, 2.05) is 13.8 Å². The minimum absolute atomic E-state index is 0. The van der Waals surface area contributed by atoms with E-state index in [4.69, 9.17) is 19.9 Å². The number of carbonyl (C=O) groups excluding carboxylic acids is 2. The molecule has 0 radical (unpaired) electrons. The third-order valence-corrected chi connectivity index (χ3v) is 7.35. The molecular formula is C31H45ClF3N3O6. The number of nitrogens with two attached hydrogens (primary N) is 1. The monoisotopic (exact) mass is 647 g/mol. The molecule has 44 heavy (non-hydrogen) atoms. The summed E-state index contributed by atoms with van der Waals surface area (Å²) in [6.07, 6.45) is -4.59. The lowest BCUT2D eigenvalue weighted by Gasteiger charge is -2.34. The van der Waals surface area contributed by atoms with E-state index in [0.29, 0.717) is 24.5 Å². The van der Waals surface area contributed by atoms with Crippen molar-refractivity contribution in [2.24, 2.45) is 17.6 Å². The summed E-state index contributed by atoms with van der Waals surface area (Å²) in [6.45, 7) is 4.64. The lowest BCUT2D eigenvalue weighted by molar-refractivity contribution is -0.265. The van der Waals surface area contributed by atoms with Gasteiger partial charge in [0.2, 0.25) is 0 Å². The van der Waals surface area contributed by atoms with Crippen LogP contribution in [0.15, 0.2) is 54.6 Å². The van der Waals surface area contributed by atoms with Crippen molar-refractivity contribution in [3.8, 4) is 5.75 Å². The van der Waals surface area contributed by atoms with E-state index in [-0.39, 0.29) is 43.1 Å². The molecule has 0 spiro atoms. The van der Waals surface area contributed by atoms with Crippen molar-refractivity contribution in [3.05, 3.63) is 65.7 Å². The van der Waals surface area contributed by atoms with E-state index in [9.17, 15) is 27.9 Å². The van der Waals surface area contributed by atoms with E-state index in [1.54, 1.807) is 31.4 Å². The molecular weight excluding hydrogens is 603 g/mol. The van der Waals surface area contributed by atoms with Crippen LogP contribution in [0, 0.1) is 11.8 Å². The third-order valence-electron chi connectivity index (χ3n) is 7.35. The van der Waals surface area contributed by atoms with Crippen molar-refractivity contribution in [2.45, 2.75) is 57.0 Å². The molecule has 3 unspecified atom stereocenters. The minimum atomic E-state index is -5.07. The van der Waals surface area contributed by atoms with Gasteiger partial charge < -0.3 is 35.7 Å². The Bertz CT molecular complexity index is 1140. The SMILES string of the molecule is COCCCCOc1ccccc1C(=O)NCC(CC(N)C(O)CNC(=O)[C@](OC)(c1ccccc1)C(F)(F)F)C(C)C.Cl. The Labute approximate surface area is 263 Å². The molecule has 0 heterocycles. The number of unbranched alkanes of at least 4 members (excludes halogenated alkanes) is 1. The van der Waals surface area contributed by atoms with Crippen LogP contribution in [-0.4, -0.2) is 75.8 Å². The van der Waals surface area contributed by atoms with Crippen molar-refractivity contribution in [3.63, 3.8) is 0 Å². The first-order valence-corrected chi connectivity index (χ1v) is 14.3. The van der Waals surface area contributed by atoms with Gasteiger partial charge in [0.25, 0.3) is 17.4 Å². The van der Waals surface area contributed by atoms with Crippen LogP contribution in [-0.2, 0) is 19.9 Å². The molecule has 2 amide bonds. The highest BCUT2D eigenvalue weighted by atomic mass is 35.5. The number of halogens is 4. The van der Waals surface area contributed by atoms with Gasteiger partial charge in [0.05, 0.1) is 18.3 Å². The van der Waals surface area contributed by atoms with Crippen molar-refractivity contribution < 1.29 is 42.1 Å². The summed E-state index contributed by atoms with van der Waals surface area (Å²) < 4.78 is 58.0. The lowest BCUT2D eigenvalue weighted by Crippen LogP contribution is -2.57. The zero-order valence-electron chi connectivity index (χ0n) is 25.6. The molecule has 248 valence electrons. The van der Waals surface area contributed by atoms with Crippen LogP contribution in [0.5, 0.6) is 5.75 Å². The third kappa shape index (κ3) is 10.6. The number of ether oxygens (including phenoxy) is 3. The summed E-state index contributed by atoms with van der Waals surface area (Å²) in [5.74, 6) is -1.47. The van der Waals surface area contributed by atoms with E-state index in [1.165, 1.54) is 18.2 Å². The first-order chi connectivity index (χ1) is 20.4. The second-order valence-corrected chi connectivity index (χ2v) is 10.7. The number of benzene rings is 2. The van der Waals surface area contributed by atoms with Crippen molar-refractivity contribution in [2.75, 3.05) is 40.5 Å². The van der Waals surface area contributed by atoms with Gasteiger partial charge in [-0.15, -0.1) is 12.4 Å². The molecule has 0 aliphatic rings. The van der Waals surface area contributed by atoms with E-state index < -0.39 is 41.9 Å². The van der Waals surface area contributed by atoms with Gasteiger partial charge in [-0.05, 0) is 43.2 Å². The number of hydrogen-bond acceptors (Lipinski definition) is 7. The number of carbonyl (C=O) groups is 2. The largest absolute Gasteiger partial charge is 0.493 e. The van der Waals surface area contributed by atoms with Crippen molar-refractivity contribution in [1.29, 1.82) is 0 Å². The van der Waals surface area contributed by atoms with Crippen LogP contribution in [0.2, 0.25) is 0 Å². The number of nitrogens with one attached hydrogen (secondary N) is 2. The van der Waals surface area contributed by atoms with Crippen LogP contribution in [0.1, 0.15) is 49.0 Å². The number of hydrogen-bond donors (Lipinski definition) is 4. The number of alkyl halides is 3. The van der Waals surface area contributed by atoms with Crippen LogP contribution in [0.3, 0.4) is 0 Å². The zero-order valence-corrected chi connectivity index (χ0v) is 26.4. The van der Waals surface area contributed by atoms with Gasteiger partial charge in [0.1, 0.15) is 5.75 Å². The summed E-state index contributed by atoms with van der Waals surface area (Å²) in [6, 6.07) is 12.6. The highest BCUT2D eigenvalue weighted by Gasteiger charge is 2.62. The predicted octanol–water partition coefficient (Wildman–Crippen LogP) is 4.21. The van der Waals surface area contributed by atoms with Crippen LogP contribution >= 0.6 is 12.4 Å². The maximum Gasteiger partial charge on any atom is 0.430 e. The van der Waals surface area contributed by atoms with E-state index in [0.717, 1.165) is 32.1 Å². The summed E-state index contributed by atoms with van der Waals surface area (Å²) in [7, 11) is 2.43. The fourth-order valence-corrected chi connectivity index (χ4v) is 4.62. The van der Waals surface area contributed by atoms with Gasteiger partial charge >= 0.3 is 6.18 Å². The molecule has 0 saturated carbocycles. The highest BCUT2D eigenvalue weighted by molar-refractivity contribution is 5.96. The molecule has 9 nitrogen and oxygen atoms in total. The summed E-state index contributed by atoms with van der Waals surface area (Å²) >= 11 is 0. The molecule has 5 N–H and O–H groups in total. The Morgan fingerprint density at radius 3 is 2.14 bits per heavy atom. The lowest BCUT2D eigenvalue weighted by atomic mass is 9.87.